The first-order valence-electron chi connectivity index (χ1n) is 6.02. The highest BCUT2D eigenvalue weighted by Gasteiger charge is 2.12. The van der Waals surface area contributed by atoms with E-state index in [0.717, 1.165) is 27.4 Å². The van der Waals surface area contributed by atoms with Crippen LogP contribution in [0.5, 0.6) is 5.75 Å². The second kappa shape index (κ2) is 6.13. The van der Waals surface area contributed by atoms with Gasteiger partial charge in [-0.05, 0) is 31.5 Å². The highest BCUT2D eigenvalue weighted by Crippen LogP contribution is 2.29. The Balaban J connectivity index is 2.21. The summed E-state index contributed by atoms with van der Waals surface area (Å²) in [5.41, 5.74) is 7.06. The average molecular weight is 266 g/mol. The molecule has 1 aromatic heterocycles. The maximum absolute atomic E-state index is 6.08. The molecule has 0 aliphatic heterocycles. The zero-order valence-corrected chi connectivity index (χ0v) is 11.5. The molecule has 0 bridgehead atoms. The molecule has 1 heterocycles. The summed E-state index contributed by atoms with van der Waals surface area (Å²) in [5.74, 6) is 0.880. The van der Waals surface area contributed by atoms with E-state index < -0.39 is 0 Å². The zero-order valence-electron chi connectivity index (χ0n) is 10.7. The second-order valence-corrected chi connectivity index (χ2v) is 5.06. The Morgan fingerprint density at radius 3 is 3.00 bits per heavy atom. The maximum Gasteiger partial charge on any atom is 0.120 e. The number of aromatic nitrogens is 1. The zero-order chi connectivity index (χ0) is 13.0. The van der Waals surface area contributed by atoms with Gasteiger partial charge in [-0.2, -0.15) is 0 Å². The minimum absolute atomic E-state index is 0.0575. The first-order chi connectivity index (χ1) is 8.74. The third-order valence-electron chi connectivity index (χ3n) is 2.64. The van der Waals surface area contributed by atoms with Crippen LogP contribution in [0.25, 0.3) is 10.2 Å². The molecule has 0 saturated heterocycles. The molecule has 18 heavy (non-hydrogen) atoms. The van der Waals surface area contributed by atoms with E-state index >= 15 is 0 Å². The SMILES string of the molecule is CCOc1ccc2nc(C(N)CCOC)sc2c1. The lowest BCUT2D eigenvalue weighted by atomic mass is 10.2. The van der Waals surface area contributed by atoms with Gasteiger partial charge in [0.25, 0.3) is 0 Å². The van der Waals surface area contributed by atoms with E-state index in [1.807, 2.05) is 25.1 Å². The van der Waals surface area contributed by atoms with Gasteiger partial charge in [-0.3, -0.25) is 0 Å². The summed E-state index contributed by atoms with van der Waals surface area (Å²) in [7, 11) is 1.68. The molecule has 2 rings (SSSR count). The number of nitrogens with zero attached hydrogens (tertiary/aromatic N) is 1. The van der Waals surface area contributed by atoms with Crippen molar-refractivity contribution in [3.8, 4) is 5.75 Å². The predicted octanol–water partition coefficient (Wildman–Crippen LogP) is 2.73. The molecule has 0 radical (unpaired) electrons. The van der Waals surface area contributed by atoms with Gasteiger partial charge < -0.3 is 15.2 Å². The van der Waals surface area contributed by atoms with Crippen molar-refractivity contribution in [2.24, 2.45) is 5.73 Å². The molecule has 2 N–H and O–H groups in total. The van der Waals surface area contributed by atoms with E-state index in [1.54, 1.807) is 18.4 Å². The second-order valence-electron chi connectivity index (χ2n) is 4.00. The summed E-state index contributed by atoms with van der Waals surface area (Å²) < 4.78 is 11.6. The molecular weight excluding hydrogens is 248 g/mol. The summed E-state index contributed by atoms with van der Waals surface area (Å²) in [6, 6.07) is 5.88. The fourth-order valence-electron chi connectivity index (χ4n) is 1.71. The molecule has 0 aliphatic rings. The Bertz CT molecular complexity index is 513. The van der Waals surface area contributed by atoms with Crippen molar-refractivity contribution in [2.75, 3.05) is 20.3 Å². The third-order valence-corrected chi connectivity index (χ3v) is 3.79. The molecule has 1 atom stereocenters. The number of fused-ring (bicyclic) bond motifs is 1. The fraction of sp³-hybridized carbons (Fsp3) is 0.462. The van der Waals surface area contributed by atoms with Crippen LogP contribution in [0.1, 0.15) is 24.4 Å². The minimum Gasteiger partial charge on any atom is -0.494 e. The van der Waals surface area contributed by atoms with E-state index in [0.29, 0.717) is 13.2 Å². The highest BCUT2D eigenvalue weighted by molar-refractivity contribution is 7.18. The van der Waals surface area contributed by atoms with E-state index in [4.69, 9.17) is 15.2 Å². The summed E-state index contributed by atoms with van der Waals surface area (Å²) in [6.07, 6.45) is 0.786. The minimum atomic E-state index is -0.0575. The van der Waals surface area contributed by atoms with Crippen molar-refractivity contribution in [3.05, 3.63) is 23.2 Å². The Hall–Kier alpha value is -1.17. The lowest BCUT2D eigenvalue weighted by Gasteiger charge is -2.06. The fourth-order valence-corrected chi connectivity index (χ4v) is 2.74. The number of ether oxygens (including phenoxy) is 2. The Morgan fingerprint density at radius 2 is 2.28 bits per heavy atom. The predicted molar refractivity (Wildman–Crippen MR) is 74.2 cm³/mol. The lowest BCUT2D eigenvalue weighted by Crippen LogP contribution is -2.12. The van der Waals surface area contributed by atoms with Gasteiger partial charge in [0.1, 0.15) is 10.8 Å². The standard InChI is InChI=1S/C13H18N2O2S/c1-3-17-9-4-5-11-12(8-9)18-13(15-11)10(14)6-7-16-2/h4-5,8,10H,3,6-7,14H2,1-2H3. The molecule has 0 aliphatic carbocycles. The molecule has 2 aromatic rings. The van der Waals surface area contributed by atoms with E-state index in [9.17, 15) is 0 Å². The number of methoxy groups -OCH3 is 1. The van der Waals surface area contributed by atoms with Crippen LogP contribution in [0, 0.1) is 0 Å². The number of hydrogen-bond acceptors (Lipinski definition) is 5. The van der Waals surface area contributed by atoms with Gasteiger partial charge in [-0.1, -0.05) is 0 Å². The van der Waals surface area contributed by atoms with Gasteiger partial charge >= 0.3 is 0 Å². The van der Waals surface area contributed by atoms with Crippen LogP contribution in [0.2, 0.25) is 0 Å². The van der Waals surface area contributed by atoms with Crippen molar-refractivity contribution in [1.82, 2.24) is 4.98 Å². The monoisotopic (exact) mass is 266 g/mol. The average Bonchev–Trinajstić information content (AvgIpc) is 2.79. The normalized spacial score (nSPS) is 12.8. The number of thiazole rings is 1. The summed E-state index contributed by atoms with van der Waals surface area (Å²) in [5, 5.41) is 0.954. The van der Waals surface area contributed by atoms with Crippen LogP contribution in [-0.2, 0) is 4.74 Å². The van der Waals surface area contributed by atoms with Gasteiger partial charge in [0.2, 0.25) is 0 Å². The maximum atomic E-state index is 6.08. The van der Waals surface area contributed by atoms with Gasteiger partial charge in [-0.15, -0.1) is 11.3 Å². The van der Waals surface area contributed by atoms with Gasteiger partial charge in [-0.25, -0.2) is 4.98 Å². The number of nitrogens with two attached hydrogens (primary N) is 1. The van der Waals surface area contributed by atoms with E-state index in [2.05, 4.69) is 4.98 Å². The molecule has 0 spiro atoms. The third kappa shape index (κ3) is 2.98. The smallest absolute Gasteiger partial charge is 0.120 e. The van der Waals surface area contributed by atoms with Crippen LogP contribution in [0.3, 0.4) is 0 Å². The van der Waals surface area contributed by atoms with Crippen LogP contribution in [0.15, 0.2) is 18.2 Å². The largest absolute Gasteiger partial charge is 0.494 e. The topological polar surface area (TPSA) is 57.4 Å². The lowest BCUT2D eigenvalue weighted by molar-refractivity contribution is 0.188. The summed E-state index contributed by atoms with van der Waals surface area (Å²) in [6.45, 7) is 3.30. The molecule has 1 unspecified atom stereocenters. The summed E-state index contributed by atoms with van der Waals surface area (Å²) in [4.78, 5) is 4.55. The molecule has 98 valence electrons. The van der Waals surface area contributed by atoms with Gasteiger partial charge in [0.15, 0.2) is 0 Å². The van der Waals surface area contributed by atoms with Gasteiger partial charge in [0.05, 0.1) is 22.9 Å². The summed E-state index contributed by atoms with van der Waals surface area (Å²) >= 11 is 1.62. The Morgan fingerprint density at radius 1 is 1.44 bits per heavy atom. The van der Waals surface area contributed by atoms with E-state index in [1.165, 1.54) is 0 Å². The molecule has 4 nitrogen and oxygen atoms in total. The molecule has 0 saturated carbocycles. The number of benzene rings is 1. The van der Waals surface area contributed by atoms with Crippen molar-refractivity contribution < 1.29 is 9.47 Å². The molecule has 0 amide bonds. The van der Waals surface area contributed by atoms with Crippen molar-refractivity contribution >= 4 is 21.6 Å². The van der Waals surface area contributed by atoms with Crippen LogP contribution >= 0.6 is 11.3 Å². The van der Waals surface area contributed by atoms with Crippen LogP contribution < -0.4 is 10.5 Å². The molecular formula is C13H18N2O2S. The number of rotatable bonds is 6. The van der Waals surface area contributed by atoms with Crippen molar-refractivity contribution in [1.29, 1.82) is 0 Å². The van der Waals surface area contributed by atoms with Crippen molar-refractivity contribution in [3.63, 3.8) is 0 Å². The van der Waals surface area contributed by atoms with E-state index in [-0.39, 0.29) is 6.04 Å². The van der Waals surface area contributed by atoms with Crippen molar-refractivity contribution in [2.45, 2.75) is 19.4 Å². The molecule has 5 heteroatoms. The first kappa shape index (κ1) is 13.3. The highest BCUT2D eigenvalue weighted by atomic mass is 32.1. The quantitative estimate of drug-likeness (QED) is 0.873. The Labute approximate surface area is 111 Å². The Kier molecular flexibility index (Phi) is 4.52. The first-order valence-corrected chi connectivity index (χ1v) is 6.84. The number of hydrogen-bond donors (Lipinski definition) is 1. The van der Waals surface area contributed by atoms with Crippen LogP contribution in [-0.4, -0.2) is 25.3 Å². The van der Waals surface area contributed by atoms with Gasteiger partial charge in [0, 0.05) is 13.7 Å². The van der Waals surface area contributed by atoms with Crippen LogP contribution in [0.4, 0.5) is 0 Å². The molecule has 0 fully saturated rings. The molecule has 1 aromatic carbocycles.